The Hall–Kier alpha value is -3.92. The number of aromatic nitrogens is 3. The van der Waals surface area contributed by atoms with E-state index in [4.69, 9.17) is 15.2 Å². The van der Waals surface area contributed by atoms with Crippen molar-refractivity contribution in [1.82, 2.24) is 15.2 Å². The van der Waals surface area contributed by atoms with Crippen LogP contribution in [-0.2, 0) is 4.79 Å². The van der Waals surface area contributed by atoms with Gasteiger partial charge in [-0.15, -0.1) is 0 Å². The number of carbonyl (C=O) groups excluding carboxylic acids is 2. The second kappa shape index (κ2) is 7.73. The van der Waals surface area contributed by atoms with Crippen LogP contribution in [0.5, 0.6) is 11.5 Å². The maximum Gasteiger partial charge on any atom is 0.260 e. The van der Waals surface area contributed by atoms with Crippen LogP contribution < -0.4 is 20.1 Å². The minimum absolute atomic E-state index is 0.290. The van der Waals surface area contributed by atoms with Gasteiger partial charge in [0.25, 0.3) is 5.91 Å². The fraction of sp³-hybridized carbons (Fsp3) is 0.143. The zero-order valence-electron chi connectivity index (χ0n) is 16.2. The second-order valence-corrected chi connectivity index (χ2v) is 7.89. The van der Waals surface area contributed by atoms with Gasteiger partial charge in [-0.25, -0.2) is 4.98 Å². The van der Waals surface area contributed by atoms with Gasteiger partial charge in [0.05, 0.1) is 16.4 Å². The molecule has 2 aromatic heterocycles. The van der Waals surface area contributed by atoms with E-state index in [1.54, 1.807) is 30.6 Å². The molecule has 156 valence electrons. The molecule has 3 N–H and O–H groups in total. The van der Waals surface area contributed by atoms with E-state index in [9.17, 15) is 9.59 Å². The fourth-order valence-corrected chi connectivity index (χ4v) is 4.33. The van der Waals surface area contributed by atoms with Crippen LogP contribution in [0.15, 0.2) is 48.8 Å². The first-order valence-corrected chi connectivity index (χ1v) is 10.3. The number of nitrogens with zero attached hydrogens (tertiary/aromatic N) is 3. The number of hydrogen-bond donors (Lipinski definition) is 2. The van der Waals surface area contributed by atoms with Crippen LogP contribution in [0, 0.1) is 0 Å². The van der Waals surface area contributed by atoms with Gasteiger partial charge >= 0.3 is 0 Å². The molecule has 0 radical (unpaired) electrons. The molecule has 0 atom stereocenters. The van der Waals surface area contributed by atoms with E-state index >= 15 is 0 Å². The van der Waals surface area contributed by atoms with E-state index in [0.29, 0.717) is 35.4 Å². The Kier molecular flexibility index (Phi) is 4.75. The Balaban J connectivity index is 1.51. The number of benzene rings is 2. The number of fused-ring (bicyclic) bond motifs is 2. The maximum atomic E-state index is 13.3. The van der Waals surface area contributed by atoms with Gasteiger partial charge in [-0.1, -0.05) is 17.4 Å². The molecule has 0 saturated heterocycles. The molecule has 0 fully saturated rings. The van der Waals surface area contributed by atoms with Crippen molar-refractivity contribution in [3.8, 4) is 22.6 Å². The van der Waals surface area contributed by atoms with Crippen molar-refractivity contribution in [3.63, 3.8) is 0 Å². The molecule has 9 nitrogen and oxygen atoms in total. The lowest BCUT2D eigenvalue weighted by Gasteiger charge is -2.21. The fourth-order valence-electron chi connectivity index (χ4n) is 3.33. The van der Waals surface area contributed by atoms with Crippen LogP contribution >= 0.6 is 11.3 Å². The summed E-state index contributed by atoms with van der Waals surface area (Å²) >= 11 is 1.31. The Morgan fingerprint density at radius 3 is 2.71 bits per heavy atom. The molecule has 0 bridgehead atoms. The molecule has 3 heterocycles. The van der Waals surface area contributed by atoms with Crippen LogP contribution in [0.3, 0.4) is 0 Å². The number of primary amides is 1. The number of rotatable bonds is 5. The zero-order chi connectivity index (χ0) is 21.4. The smallest absolute Gasteiger partial charge is 0.260 e. The lowest BCUT2D eigenvalue weighted by molar-refractivity contribution is -0.116. The highest BCUT2D eigenvalue weighted by atomic mass is 32.1. The van der Waals surface area contributed by atoms with Gasteiger partial charge in [-0.3, -0.25) is 19.6 Å². The number of H-pyrrole nitrogens is 1. The average Bonchev–Trinajstić information content (AvgIpc) is 3.46. The Morgan fingerprint density at radius 1 is 1.10 bits per heavy atom. The molecule has 0 saturated carbocycles. The number of thiazole rings is 1. The number of anilines is 1. The first-order chi connectivity index (χ1) is 15.1. The topological polar surface area (TPSA) is 123 Å². The van der Waals surface area contributed by atoms with Crippen molar-refractivity contribution in [1.29, 1.82) is 0 Å². The molecular formula is C21H17N5O4S. The van der Waals surface area contributed by atoms with E-state index in [1.165, 1.54) is 16.2 Å². The van der Waals surface area contributed by atoms with E-state index in [2.05, 4.69) is 15.2 Å². The number of nitrogens with one attached hydrogen (secondary N) is 1. The Labute approximate surface area is 180 Å². The molecule has 4 aromatic rings. The van der Waals surface area contributed by atoms with Crippen molar-refractivity contribution >= 4 is 38.5 Å². The largest absolute Gasteiger partial charge is 0.486 e. The third-order valence-corrected chi connectivity index (χ3v) is 5.83. The lowest BCUT2D eigenvalue weighted by Crippen LogP contribution is -2.38. The maximum absolute atomic E-state index is 13.3. The summed E-state index contributed by atoms with van der Waals surface area (Å²) in [5.41, 5.74) is 8.41. The van der Waals surface area contributed by atoms with Crippen LogP contribution in [0.1, 0.15) is 10.4 Å². The molecule has 31 heavy (non-hydrogen) atoms. The summed E-state index contributed by atoms with van der Waals surface area (Å²) in [6, 6.07) is 10.7. The number of ether oxygens (including phenoxy) is 2. The van der Waals surface area contributed by atoms with Crippen molar-refractivity contribution in [2.24, 2.45) is 5.73 Å². The minimum atomic E-state index is -0.635. The Morgan fingerprint density at radius 2 is 1.94 bits per heavy atom. The van der Waals surface area contributed by atoms with Crippen LogP contribution in [0.25, 0.3) is 21.3 Å². The SMILES string of the molecule is NC(=O)CN(C(=O)c1ccc2c(c1)OCCO2)c1nc2ccc(-c3cn[nH]c3)cc2s1. The van der Waals surface area contributed by atoms with Crippen molar-refractivity contribution < 1.29 is 19.1 Å². The molecule has 1 aliphatic heterocycles. The second-order valence-electron chi connectivity index (χ2n) is 6.88. The predicted octanol–water partition coefficient (Wildman–Crippen LogP) is 2.59. The monoisotopic (exact) mass is 435 g/mol. The van der Waals surface area contributed by atoms with Crippen molar-refractivity contribution in [3.05, 3.63) is 54.4 Å². The first-order valence-electron chi connectivity index (χ1n) is 9.48. The van der Waals surface area contributed by atoms with Gasteiger partial charge < -0.3 is 15.2 Å². The van der Waals surface area contributed by atoms with E-state index in [-0.39, 0.29) is 6.54 Å². The number of carbonyl (C=O) groups is 2. The van der Waals surface area contributed by atoms with Gasteiger partial charge in [-0.05, 0) is 35.9 Å². The molecule has 5 rings (SSSR count). The summed E-state index contributed by atoms with van der Waals surface area (Å²) in [7, 11) is 0. The number of hydrogen-bond acceptors (Lipinski definition) is 7. The molecule has 0 unspecified atom stereocenters. The third-order valence-electron chi connectivity index (χ3n) is 4.79. The van der Waals surface area contributed by atoms with Crippen LogP contribution in [0.2, 0.25) is 0 Å². The van der Waals surface area contributed by atoms with Crippen LogP contribution in [-0.4, -0.2) is 46.8 Å². The van der Waals surface area contributed by atoms with Gasteiger partial charge in [0.15, 0.2) is 16.6 Å². The molecular weight excluding hydrogens is 418 g/mol. The van der Waals surface area contributed by atoms with E-state index in [1.807, 2.05) is 18.2 Å². The van der Waals surface area contributed by atoms with E-state index < -0.39 is 11.8 Å². The summed E-state index contributed by atoms with van der Waals surface area (Å²) in [4.78, 5) is 30.8. The van der Waals surface area contributed by atoms with Crippen molar-refractivity contribution in [2.45, 2.75) is 0 Å². The average molecular weight is 435 g/mol. The molecule has 10 heteroatoms. The minimum Gasteiger partial charge on any atom is -0.486 e. The van der Waals surface area contributed by atoms with Gasteiger partial charge in [0.2, 0.25) is 5.91 Å². The molecule has 2 aromatic carbocycles. The number of nitrogens with two attached hydrogens (primary N) is 1. The summed E-state index contributed by atoms with van der Waals surface area (Å²) in [5, 5.41) is 7.15. The normalized spacial score (nSPS) is 12.6. The molecule has 1 aliphatic rings. The van der Waals surface area contributed by atoms with Gasteiger partial charge in [-0.2, -0.15) is 5.10 Å². The first kappa shape index (κ1) is 19.1. The van der Waals surface area contributed by atoms with Gasteiger partial charge in [0, 0.05) is 17.3 Å². The summed E-state index contributed by atoms with van der Waals surface area (Å²) < 4.78 is 12.0. The Bertz CT molecular complexity index is 1280. The van der Waals surface area contributed by atoms with Crippen LogP contribution in [0.4, 0.5) is 5.13 Å². The quantitative estimate of drug-likeness (QED) is 0.497. The predicted molar refractivity (Wildman–Crippen MR) is 116 cm³/mol. The molecule has 0 spiro atoms. The highest BCUT2D eigenvalue weighted by molar-refractivity contribution is 7.22. The third kappa shape index (κ3) is 3.68. The molecule has 0 aliphatic carbocycles. The summed E-state index contributed by atoms with van der Waals surface area (Å²) in [5.74, 6) is 0.0373. The lowest BCUT2D eigenvalue weighted by atomic mass is 10.1. The summed E-state index contributed by atoms with van der Waals surface area (Å²) in [6.45, 7) is 0.578. The highest BCUT2D eigenvalue weighted by Crippen LogP contribution is 2.34. The summed E-state index contributed by atoms with van der Waals surface area (Å²) in [6.07, 6.45) is 3.53. The van der Waals surface area contributed by atoms with Crippen molar-refractivity contribution in [2.75, 3.05) is 24.7 Å². The van der Waals surface area contributed by atoms with Gasteiger partial charge in [0.1, 0.15) is 19.8 Å². The standard InChI is InChI=1S/C21H17N5O4S/c22-19(27)11-26(20(28)13-2-4-16-17(7-13)30-6-5-29-16)21-25-15-3-1-12(8-18(15)31-21)14-9-23-24-10-14/h1-4,7-10H,5-6,11H2,(H2,22,27)(H,23,24). The zero-order valence-corrected chi connectivity index (χ0v) is 17.0. The molecule has 2 amide bonds. The highest BCUT2D eigenvalue weighted by Gasteiger charge is 2.25. The van der Waals surface area contributed by atoms with E-state index in [0.717, 1.165) is 21.3 Å². The number of amides is 2. The number of aromatic amines is 1.